The van der Waals surface area contributed by atoms with Crippen molar-refractivity contribution in [3.8, 4) is 5.06 Å². The fourth-order valence-corrected chi connectivity index (χ4v) is 3.28. The van der Waals surface area contributed by atoms with Gasteiger partial charge in [-0.1, -0.05) is 5.57 Å². The van der Waals surface area contributed by atoms with Crippen molar-refractivity contribution in [2.45, 2.75) is 34.6 Å². The molecule has 1 aliphatic rings. The molecular weight excluding hydrogens is 288 g/mol. The van der Waals surface area contributed by atoms with Crippen LogP contribution in [0.2, 0.25) is 0 Å². The van der Waals surface area contributed by atoms with Gasteiger partial charge in [-0.3, -0.25) is 0 Å². The van der Waals surface area contributed by atoms with Crippen LogP contribution in [0.15, 0.2) is 22.8 Å². The number of thiophene rings is 1. The predicted molar refractivity (Wildman–Crippen MR) is 82.3 cm³/mol. The Kier molecular flexibility index (Phi) is 4.32. The van der Waals surface area contributed by atoms with E-state index in [1.807, 2.05) is 26.8 Å². The Hall–Kier alpha value is -1.88. The van der Waals surface area contributed by atoms with E-state index in [9.17, 15) is 9.59 Å². The summed E-state index contributed by atoms with van der Waals surface area (Å²) in [5.41, 5.74) is 3.04. The molecule has 1 aromatic rings. The first-order valence-corrected chi connectivity index (χ1v) is 7.57. The third-order valence-corrected chi connectivity index (χ3v) is 4.18. The average Bonchev–Trinajstić information content (AvgIpc) is 2.89. The van der Waals surface area contributed by atoms with Gasteiger partial charge in [0.05, 0.1) is 17.8 Å². The smallest absolute Gasteiger partial charge is 0.347 e. The molecule has 2 rings (SSSR count). The molecule has 0 spiro atoms. The minimum absolute atomic E-state index is 0.346. The van der Waals surface area contributed by atoms with Crippen LogP contribution in [0.5, 0.6) is 5.06 Å². The summed E-state index contributed by atoms with van der Waals surface area (Å²) in [4.78, 5) is 24.9. The van der Waals surface area contributed by atoms with Crippen molar-refractivity contribution in [2.75, 3.05) is 6.61 Å². The van der Waals surface area contributed by atoms with Gasteiger partial charge in [-0.05, 0) is 46.3 Å². The molecular formula is C16H18O4S. The maximum absolute atomic E-state index is 12.0. The number of ether oxygens (including phenoxy) is 2. The van der Waals surface area contributed by atoms with Crippen LogP contribution in [0.1, 0.15) is 38.1 Å². The molecule has 1 saturated heterocycles. The maximum atomic E-state index is 12.0. The van der Waals surface area contributed by atoms with Gasteiger partial charge in [-0.15, -0.1) is 11.3 Å². The molecule has 112 valence electrons. The summed E-state index contributed by atoms with van der Waals surface area (Å²) in [6.07, 6.45) is 0. The zero-order valence-electron chi connectivity index (χ0n) is 12.8. The number of hydrogen-bond acceptors (Lipinski definition) is 5. The van der Waals surface area contributed by atoms with E-state index in [0.717, 1.165) is 26.7 Å². The second-order valence-corrected chi connectivity index (χ2v) is 6.26. The first-order valence-electron chi connectivity index (χ1n) is 6.75. The highest BCUT2D eigenvalue weighted by Gasteiger charge is 2.36. The molecule has 0 saturated carbocycles. The summed E-state index contributed by atoms with van der Waals surface area (Å²) in [7, 11) is 0. The Balaban J connectivity index is 2.65. The van der Waals surface area contributed by atoms with E-state index in [2.05, 4.69) is 0 Å². The first-order chi connectivity index (χ1) is 9.86. The molecule has 0 bridgehead atoms. The Morgan fingerprint density at radius 3 is 2.38 bits per heavy atom. The fourth-order valence-electron chi connectivity index (χ4n) is 2.31. The number of hydrogen-bond donors (Lipinski definition) is 0. The third-order valence-electron chi connectivity index (χ3n) is 3.22. The first kappa shape index (κ1) is 15.5. The lowest BCUT2D eigenvalue weighted by molar-refractivity contribution is -0.149. The minimum Gasteiger partial charge on any atom is -0.484 e. The summed E-state index contributed by atoms with van der Waals surface area (Å²) < 4.78 is 10.4. The second-order valence-electron chi connectivity index (χ2n) is 5.04. The normalized spacial score (nSPS) is 17.1. The highest BCUT2D eigenvalue weighted by Crippen LogP contribution is 2.39. The van der Waals surface area contributed by atoms with Crippen molar-refractivity contribution in [1.29, 1.82) is 0 Å². The second kappa shape index (κ2) is 5.85. The molecule has 0 aliphatic carbocycles. The molecule has 5 heteroatoms. The van der Waals surface area contributed by atoms with Crippen LogP contribution >= 0.6 is 11.3 Å². The standard InChI is InChI=1S/C16H18O4S/c1-6-19-16-11(7-9(4)21-16)10(5)13-12(8(2)3)14(17)20-15(13)18/h7H,6H2,1-5H3. The quantitative estimate of drug-likeness (QED) is 0.486. The van der Waals surface area contributed by atoms with E-state index in [1.54, 1.807) is 13.8 Å². The monoisotopic (exact) mass is 306 g/mol. The molecule has 0 radical (unpaired) electrons. The van der Waals surface area contributed by atoms with E-state index in [1.165, 1.54) is 11.3 Å². The molecule has 1 aliphatic heterocycles. The zero-order valence-corrected chi connectivity index (χ0v) is 13.6. The number of carbonyl (C=O) groups is 2. The Morgan fingerprint density at radius 2 is 1.81 bits per heavy atom. The number of aryl methyl sites for hydroxylation is 1. The molecule has 1 aromatic heterocycles. The van der Waals surface area contributed by atoms with Crippen LogP contribution in [-0.2, 0) is 14.3 Å². The summed E-state index contributed by atoms with van der Waals surface area (Å²) in [5.74, 6) is -1.15. The summed E-state index contributed by atoms with van der Waals surface area (Å²) in [6, 6.07) is 1.97. The predicted octanol–water partition coefficient (Wildman–Crippen LogP) is 3.65. The van der Waals surface area contributed by atoms with Gasteiger partial charge >= 0.3 is 11.9 Å². The third kappa shape index (κ3) is 2.78. The topological polar surface area (TPSA) is 52.6 Å². The SMILES string of the molecule is CCOc1sc(C)cc1C(C)=C1C(=O)OC(=O)C1=C(C)C. The number of carbonyl (C=O) groups excluding carboxylic acids is 2. The fraction of sp³-hybridized carbons (Fsp3) is 0.375. The molecule has 1 fully saturated rings. The Bertz CT molecular complexity index is 672. The van der Waals surface area contributed by atoms with E-state index < -0.39 is 11.9 Å². The molecule has 2 heterocycles. The molecule has 0 atom stereocenters. The van der Waals surface area contributed by atoms with Gasteiger partial charge in [0.15, 0.2) is 5.06 Å². The number of cyclic esters (lactones) is 2. The maximum Gasteiger partial charge on any atom is 0.347 e. The van der Waals surface area contributed by atoms with Gasteiger partial charge in [-0.25, -0.2) is 9.59 Å². The molecule has 4 nitrogen and oxygen atoms in total. The van der Waals surface area contributed by atoms with Gasteiger partial charge in [0.1, 0.15) is 0 Å². The molecule has 0 aromatic carbocycles. The van der Waals surface area contributed by atoms with Crippen LogP contribution in [0.3, 0.4) is 0 Å². The van der Waals surface area contributed by atoms with Crippen LogP contribution in [0.4, 0.5) is 0 Å². The van der Waals surface area contributed by atoms with Gasteiger partial charge < -0.3 is 9.47 Å². The number of rotatable bonds is 3. The van der Waals surface area contributed by atoms with Crippen molar-refractivity contribution in [3.63, 3.8) is 0 Å². The summed E-state index contributed by atoms with van der Waals surface area (Å²) >= 11 is 1.53. The van der Waals surface area contributed by atoms with Gasteiger partial charge in [0.25, 0.3) is 0 Å². The van der Waals surface area contributed by atoms with Crippen molar-refractivity contribution in [3.05, 3.63) is 33.2 Å². The van der Waals surface area contributed by atoms with Crippen molar-refractivity contribution < 1.29 is 19.1 Å². The van der Waals surface area contributed by atoms with Crippen LogP contribution < -0.4 is 4.74 Å². The number of allylic oxidation sites excluding steroid dienone is 2. The molecule has 21 heavy (non-hydrogen) atoms. The lowest BCUT2D eigenvalue weighted by Crippen LogP contribution is -2.00. The van der Waals surface area contributed by atoms with Crippen molar-refractivity contribution >= 4 is 28.8 Å². The van der Waals surface area contributed by atoms with Crippen LogP contribution in [0.25, 0.3) is 5.57 Å². The van der Waals surface area contributed by atoms with E-state index >= 15 is 0 Å². The van der Waals surface area contributed by atoms with E-state index in [0.29, 0.717) is 17.8 Å². The summed E-state index contributed by atoms with van der Waals surface area (Å²) in [6.45, 7) is 9.86. The van der Waals surface area contributed by atoms with Gasteiger partial charge in [0.2, 0.25) is 0 Å². The van der Waals surface area contributed by atoms with Crippen molar-refractivity contribution in [1.82, 2.24) is 0 Å². The van der Waals surface area contributed by atoms with Gasteiger partial charge in [0, 0.05) is 10.4 Å². The highest BCUT2D eigenvalue weighted by molar-refractivity contribution is 7.14. The lowest BCUT2D eigenvalue weighted by Gasteiger charge is -2.07. The van der Waals surface area contributed by atoms with Crippen molar-refractivity contribution in [2.24, 2.45) is 0 Å². The largest absolute Gasteiger partial charge is 0.484 e. The Labute approximate surface area is 128 Å². The zero-order chi connectivity index (χ0) is 15.7. The van der Waals surface area contributed by atoms with Crippen LogP contribution in [0, 0.1) is 6.92 Å². The summed E-state index contributed by atoms with van der Waals surface area (Å²) in [5, 5.41) is 0.764. The van der Waals surface area contributed by atoms with Crippen LogP contribution in [-0.4, -0.2) is 18.5 Å². The average molecular weight is 306 g/mol. The molecule has 0 unspecified atom stereocenters. The minimum atomic E-state index is -0.583. The molecule has 0 amide bonds. The van der Waals surface area contributed by atoms with E-state index in [-0.39, 0.29) is 0 Å². The van der Waals surface area contributed by atoms with Gasteiger partial charge in [-0.2, -0.15) is 0 Å². The van der Waals surface area contributed by atoms with E-state index in [4.69, 9.17) is 9.47 Å². The highest BCUT2D eigenvalue weighted by atomic mass is 32.1. The molecule has 0 N–H and O–H groups in total. The lowest BCUT2D eigenvalue weighted by atomic mass is 9.96. The number of esters is 2. The Morgan fingerprint density at radius 1 is 1.19 bits per heavy atom.